The Labute approximate surface area is 240 Å². The number of halogens is 4. The zero-order valence-electron chi connectivity index (χ0n) is 22.3. The van der Waals surface area contributed by atoms with Crippen LogP contribution in [0.15, 0.2) is 73.2 Å². The van der Waals surface area contributed by atoms with Crippen molar-refractivity contribution < 1.29 is 27.1 Å². The number of aromatic nitrogens is 5. The van der Waals surface area contributed by atoms with Crippen molar-refractivity contribution in [3.05, 3.63) is 90.1 Å². The smallest absolute Gasteiger partial charge is 0.405 e. The molecule has 0 unspecified atom stereocenters. The molecule has 0 atom stereocenters. The van der Waals surface area contributed by atoms with Crippen LogP contribution in [0.3, 0.4) is 0 Å². The fraction of sp³-hybridized carbons (Fsp3) is 0.103. The quantitative estimate of drug-likeness (QED) is 0.164. The monoisotopic (exact) mass is 590 g/mol. The Hall–Kier alpha value is -5.66. The Balaban J connectivity index is 1.27. The van der Waals surface area contributed by atoms with Gasteiger partial charge in [-0.15, -0.1) is 0 Å². The molecular formula is C29H22F4N8O2. The standard InChI is InChI=1S/C29H22F4N8O2/c1-15-3-2-4-18(11-15)43-21-10-9-20-24(23(21)30)40-28(39-20)38-17-7-5-16(6-8-17)22-19(27(42)35-13-29(31,32)33)12-41-25(22)26(34)36-14-37-41/h2-12,14H,13H2,1H3,(H,35,42)(H2,34,36,37)(H2,38,39,40). The van der Waals surface area contributed by atoms with E-state index in [0.717, 1.165) is 5.56 Å². The molecule has 6 aromatic rings. The molecule has 0 saturated carbocycles. The second kappa shape index (κ2) is 10.6. The van der Waals surface area contributed by atoms with Crippen molar-refractivity contribution >= 4 is 39.9 Å². The van der Waals surface area contributed by atoms with Crippen LogP contribution < -0.4 is 21.1 Å². The van der Waals surface area contributed by atoms with E-state index in [4.69, 9.17) is 10.5 Å². The molecule has 0 aliphatic rings. The van der Waals surface area contributed by atoms with Gasteiger partial charge in [-0.2, -0.15) is 18.3 Å². The zero-order valence-corrected chi connectivity index (χ0v) is 22.3. The van der Waals surface area contributed by atoms with E-state index in [0.29, 0.717) is 22.5 Å². The second-order valence-electron chi connectivity index (χ2n) is 9.63. The van der Waals surface area contributed by atoms with Gasteiger partial charge in [-0.05, 0) is 54.4 Å². The zero-order chi connectivity index (χ0) is 30.3. The topological polar surface area (TPSA) is 135 Å². The Morgan fingerprint density at radius 1 is 1.12 bits per heavy atom. The first-order valence-corrected chi connectivity index (χ1v) is 12.8. The molecular weight excluding hydrogens is 568 g/mol. The number of aromatic amines is 1. The average Bonchev–Trinajstić information content (AvgIpc) is 3.56. The fourth-order valence-electron chi connectivity index (χ4n) is 4.60. The van der Waals surface area contributed by atoms with Crippen molar-refractivity contribution in [3.63, 3.8) is 0 Å². The maximum absolute atomic E-state index is 15.3. The number of benzene rings is 3. The van der Waals surface area contributed by atoms with Crippen LogP contribution in [0, 0.1) is 12.7 Å². The molecule has 5 N–H and O–H groups in total. The lowest BCUT2D eigenvalue weighted by Crippen LogP contribution is -2.33. The summed E-state index contributed by atoms with van der Waals surface area (Å²) in [6, 6.07) is 17.0. The maximum Gasteiger partial charge on any atom is 0.405 e. The first kappa shape index (κ1) is 27.5. The maximum atomic E-state index is 15.3. The summed E-state index contributed by atoms with van der Waals surface area (Å²) in [5.74, 6) is -0.718. The number of anilines is 3. The summed E-state index contributed by atoms with van der Waals surface area (Å²) in [7, 11) is 0. The number of nitrogens with zero attached hydrogens (tertiary/aromatic N) is 4. The molecule has 0 radical (unpaired) electrons. The number of hydrogen-bond donors (Lipinski definition) is 4. The van der Waals surface area contributed by atoms with Gasteiger partial charge in [0.15, 0.2) is 17.4 Å². The number of rotatable bonds is 7. The normalized spacial score (nSPS) is 11.7. The summed E-state index contributed by atoms with van der Waals surface area (Å²) >= 11 is 0. The molecule has 43 heavy (non-hydrogen) atoms. The van der Waals surface area contributed by atoms with Gasteiger partial charge in [0.2, 0.25) is 5.95 Å². The number of nitrogens with two attached hydrogens (primary N) is 1. The van der Waals surface area contributed by atoms with E-state index < -0.39 is 24.4 Å². The van der Waals surface area contributed by atoms with E-state index in [-0.39, 0.29) is 39.7 Å². The minimum absolute atomic E-state index is 0.0378. The summed E-state index contributed by atoms with van der Waals surface area (Å²) in [5, 5.41) is 8.97. The van der Waals surface area contributed by atoms with E-state index in [2.05, 4.69) is 25.4 Å². The highest BCUT2D eigenvalue weighted by molar-refractivity contribution is 6.07. The number of alkyl halides is 3. The van der Waals surface area contributed by atoms with Crippen molar-refractivity contribution in [1.29, 1.82) is 0 Å². The number of ether oxygens (including phenoxy) is 1. The van der Waals surface area contributed by atoms with E-state index >= 15 is 4.39 Å². The van der Waals surface area contributed by atoms with Gasteiger partial charge in [0.05, 0.1) is 11.1 Å². The number of nitrogens with one attached hydrogen (secondary N) is 3. The molecule has 10 nitrogen and oxygen atoms in total. The highest BCUT2D eigenvalue weighted by atomic mass is 19.4. The molecule has 0 bridgehead atoms. The lowest BCUT2D eigenvalue weighted by molar-refractivity contribution is -0.123. The summed E-state index contributed by atoms with van der Waals surface area (Å²) in [5.41, 5.74) is 9.02. The van der Waals surface area contributed by atoms with Gasteiger partial charge in [0.1, 0.15) is 29.7 Å². The Morgan fingerprint density at radius 2 is 1.91 bits per heavy atom. The predicted molar refractivity (Wildman–Crippen MR) is 152 cm³/mol. The SMILES string of the molecule is Cc1cccc(Oc2ccc3nc(Nc4ccc(-c5c(C(=O)NCC(F)(F)F)cn6ncnc(N)c56)cc4)[nH]c3c2F)c1. The minimum Gasteiger partial charge on any atom is -0.454 e. The molecule has 6 rings (SSSR count). The fourth-order valence-corrected chi connectivity index (χ4v) is 4.60. The van der Waals surface area contributed by atoms with Crippen LogP contribution in [-0.4, -0.2) is 43.2 Å². The average molecular weight is 591 g/mol. The number of carbonyl (C=O) groups is 1. The van der Waals surface area contributed by atoms with Gasteiger partial charge in [-0.25, -0.2) is 18.9 Å². The lowest BCUT2D eigenvalue weighted by Gasteiger charge is -2.10. The summed E-state index contributed by atoms with van der Waals surface area (Å²) in [4.78, 5) is 24.0. The van der Waals surface area contributed by atoms with Gasteiger partial charge in [0, 0.05) is 17.4 Å². The van der Waals surface area contributed by atoms with Gasteiger partial charge < -0.3 is 26.1 Å². The van der Waals surface area contributed by atoms with E-state index in [1.54, 1.807) is 42.5 Å². The third-order valence-corrected chi connectivity index (χ3v) is 6.51. The summed E-state index contributed by atoms with van der Waals surface area (Å²) < 4.78 is 60.5. The molecule has 0 fully saturated rings. The minimum atomic E-state index is -4.59. The molecule has 1 amide bonds. The number of aryl methyl sites for hydroxylation is 1. The van der Waals surface area contributed by atoms with Crippen LogP contribution in [0.25, 0.3) is 27.7 Å². The number of hydrogen-bond acceptors (Lipinski definition) is 7. The van der Waals surface area contributed by atoms with Crippen LogP contribution in [0.2, 0.25) is 0 Å². The third-order valence-electron chi connectivity index (χ3n) is 6.51. The van der Waals surface area contributed by atoms with Gasteiger partial charge in [-0.1, -0.05) is 24.3 Å². The van der Waals surface area contributed by atoms with Crippen LogP contribution >= 0.6 is 0 Å². The van der Waals surface area contributed by atoms with Crippen molar-refractivity contribution in [2.24, 2.45) is 0 Å². The Bertz CT molecular complexity index is 1980. The number of nitrogen functional groups attached to an aromatic ring is 1. The Morgan fingerprint density at radius 3 is 2.65 bits per heavy atom. The van der Waals surface area contributed by atoms with Gasteiger partial charge in [0.25, 0.3) is 5.91 Å². The molecule has 3 aromatic heterocycles. The van der Waals surface area contributed by atoms with Gasteiger partial charge in [-0.3, -0.25) is 4.79 Å². The molecule has 3 aromatic carbocycles. The molecule has 0 aliphatic carbocycles. The predicted octanol–water partition coefficient (Wildman–Crippen LogP) is 6.13. The van der Waals surface area contributed by atoms with E-state index in [9.17, 15) is 18.0 Å². The highest BCUT2D eigenvalue weighted by Crippen LogP contribution is 2.34. The number of imidazole rings is 1. The third kappa shape index (κ3) is 5.62. The van der Waals surface area contributed by atoms with Crippen molar-refractivity contribution in [3.8, 4) is 22.6 Å². The van der Waals surface area contributed by atoms with Crippen molar-refractivity contribution in [1.82, 2.24) is 29.9 Å². The Kier molecular flexibility index (Phi) is 6.80. The first-order chi connectivity index (χ1) is 20.6. The molecule has 0 saturated heterocycles. The summed E-state index contributed by atoms with van der Waals surface area (Å²) in [6.07, 6.45) is -2.12. The second-order valence-corrected chi connectivity index (χ2v) is 9.63. The van der Waals surface area contributed by atoms with Crippen LogP contribution in [-0.2, 0) is 0 Å². The molecule has 0 spiro atoms. The lowest BCUT2D eigenvalue weighted by atomic mass is 10.0. The number of H-pyrrole nitrogens is 1. The van der Waals surface area contributed by atoms with Crippen molar-refractivity contribution in [2.45, 2.75) is 13.1 Å². The number of amides is 1. The molecule has 218 valence electrons. The van der Waals surface area contributed by atoms with Gasteiger partial charge >= 0.3 is 6.18 Å². The molecule has 0 aliphatic heterocycles. The van der Waals surface area contributed by atoms with Crippen LogP contribution in [0.5, 0.6) is 11.5 Å². The van der Waals surface area contributed by atoms with Crippen LogP contribution in [0.4, 0.5) is 35.0 Å². The molecule has 3 heterocycles. The van der Waals surface area contributed by atoms with E-state index in [1.165, 1.54) is 23.1 Å². The molecule has 14 heteroatoms. The van der Waals surface area contributed by atoms with Crippen LogP contribution in [0.1, 0.15) is 15.9 Å². The summed E-state index contributed by atoms with van der Waals surface area (Å²) in [6.45, 7) is 0.407. The van der Waals surface area contributed by atoms with E-state index in [1.807, 2.05) is 24.4 Å². The largest absolute Gasteiger partial charge is 0.454 e. The first-order valence-electron chi connectivity index (χ1n) is 12.8. The highest BCUT2D eigenvalue weighted by Gasteiger charge is 2.29. The number of fused-ring (bicyclic) bond motifs is 2. The number of carbonyl (C=O) groups excluding carboxylic acids is 1. The van der Waals surface area contributed by atoms with Crippen molar-refractivity contribution in [2.75, 3.05) is 17.6 Å².